The molecule has 0 unspecified atom stereocenters. The van der Waals surface area contributed by atoms with Gasteiger partial charge in [0.15, 0.2) is 0 Å². The first-order chi connectivity index (χ1) is 14.3. The van der Waals surface area contributed by atoms with Gasteiger partial charge in [-0.25, -0.2) is 0 Å². The van der Waals surface area contributed by atoms with Crippen LogP contribution in [0.5, 0.6) is 0 Å². The van der Waals surface area contributed by atoms with Crippen LogP contribution in [0.15, 0.2) is 97.1 Å². The van der Waals surface area contributed by atoms with Crippen LogP contribution in [0, 0.1) is 0 Å². The molecule has 0 amide bonds. The van der Waals surface area contributed by atoms with Crippen LogP contribution in [0.25, 0.3) is 35.4 Å². The van der Waals surface area contributed by atoms with Crippen LogP contribution >= 0.6 is 0 Å². The lowest BCUT2D eigenvalue weighted by atomic mass is 10.0. The quantitative estimate of drug-likeness (QED) is 0.286. The molecule has 1 aliphatic rings. The standard InChI is InChI=1S/C29H22/c1-3-7-22(8-4-1)11-13-24-15-17-28-26(19-24)21-27-20-25(16-18-29(27)28)14-12-23-9-5-2-6-10-23/h1-20H,21H2/b13-11+,14-12+. The molecule has 0 N–H and O–H groups in total. The normalized spacial score (nSPS) is 12.4. The smallest absolute Gasteiger partial charge is 0.00130 e. The number of hydrogen-bond donors (Lipinski definition) is 0. The van der Waals surface area contributed by atoms with Crippen molar-refractivity contribution in [2.45, 2.75) is 6.42 Å². The van der Waals surface area contributed by atoms with Crippen LogP contribution in [0.3, 0.4) is 0 Å². The van der Waals surface area contributed by atoms with Crippen molar-refractivity contribution in [1.82, 2.24) is 0 Å². The van der Waals surface area contributed by atoms with Gasteiger partial charge in [0.1, 0.15) is 0 Å². The number of rotatable bonds is 4. The zero-order chi connectivity index (χ0) is 19.5. The Morgan fingerprint density at radius 3 is 1.28 bits per heavy atom. The monoisotopic (exact) mass is 370 g/mol. The molecule has 0 aliphatic heterocycles. The second kappa shape index (κ2) is 7.77. The number of benzene rings is 4. The summed E-state index contributed by atoms with van der Waals surface area (Å²) in [5.74, 6) is 0. The maximum atomic E-state index is 2.33. The first-order valence-corrected chi connectivity index (χ1v) is 10.1. The van der Waals surface area contributed by atoms with Crippen molar-refractivity contribution >= 4 is 24.3 Å². The predicted octanol–water partition coefficient (Wildman–Crippen LogP) is 7.60. The van der Waals surface area contributed by atoms with E-state index in [9.17, 15) is 0 Å². The number of hydrogen-bond acceptors (Lipinski definition) is 0. The van der Waals surface area contributed by atoms with Gasteiger partial charge in [-0.05, 0) is 50.9 Å². The van der Waals surface area contributed by atoms with Crippen molar-refractivity contribution in [1.29, 1.82) is 0 Å². The molecule has 0 nitrogen and oxygen atoms in total. The maximum absolute atomic E-state index is 2.33. The molecule has 4 aromatic rings. The molecular weight excluding hydrogens is 348 g/mol. The van der Waals surface area contributed by atoms with Gasteiger partial charge >= 0.3 is 0 Å². The van der Waals surface area contributed by atoms with Crippen molar-refractivity contribution < 1.29 is 0 Å². The fourth-order valence-corrected chi connectivity index (χ4v) is 3.97. The SMILES string of the molecule is C(=C\c1ccc2c(c1)Cc1cc(/C=C/c3ccccc3)ccc1-2)/c1ccccc1. The highest BCUT2D eigenvalue weighted by Gasteiger charge is 2.18. The first kappa shape index (κ1) is 17.5. The lowest BCUT2D eigenvalue weighted by molar-refractivity contribution is 1.26. The third-order valence-corrected chi connectivity index (χ3v) is 5.47. The molecule has 0 saturated carbocycles. The van der Waals surface area contributed by atoms with E-state index in [1.54, 1.807) is 0 Å². The van der Waals surface area contributed by atoms with E-state index < -0.39 is 0 Å². The molecule has 0 fully saturated rings. The Morgan fingerprint density at radius 2 is 0.828 bits per heavy atom. The van der Waals surface area contributed by atoms with Crippen LogP contribution in [0.4, 0.5) is 0 Å². The average molecular weight is 370 g/mol. The zero-order valence-corrected chi connectivity index (χ0v) is 16.3. The molecule has 0 aromatic heterocycles. The lowest BCUT2D eigenvalue weighted by Gasteiger charge is -2.03. The molecule has 138 valence electrons. The summed E-state index contributed by atoms with van der Waals surface area (Å²) in [6.45, 7) is 0. The van der Waals surface area contributed by atoms with Gasteiger partial charge in [-0.2, -0.15) is 0 Å². The fraction of sp³-hybridized carbons (Fsp3) is 0.0345. The highest BCUT2D eigenvalue weighted by molar-refractivity contribution is 5.81. The van der Waals surface area contributed by atoms with E-state index in [0.29, 0.717) is 0 Å². The third kappa shape index (κ3) is 3.83. The molecule has 0 saturated heterocycles. The van der Waals surface area contributed by atoms with Gasteiger partial charge in [-0.3, -0.25) is 0 Å². The molecule has 0 atom stereocenters. The van der Waals surface area contributed by atoms with E-state index in [0.717, 1.165) is 6.42 Å². The van der Waals surface area contributed by atoms with E-state index in [1.807, 2.05) is 12.1 Å². The molecule has 0 heterocycles. The van der Waals surface area contributed by atoms with E-state index in [4.69, 9.17) is 0 Å². The molecule has 0 bridgehead atoms. The Kier molecular flexibility index (Phi) is 4.68. The van der Waals surface area contributed by atoms with Crippen LogP contribution in [0.1, 0.15) is 33.4 Å². The predicted molar refractivity (Wildman–Crippen MR) is 125 cm³/mol. The Hall–Kier alpha value is -3.64. The lowest BCUT2D eigenvalue weighted by Crippen LogP contribution is -1.82. The summed E-state index contributed by atoms with van der Waals surface area (Å²) in [6.07, 6.45) is 9.76. The van der Waals surface area contributed by atoms with E-state index in [2.05, 4.69) is 109 Å². The molecule has 4 aromatic carbocycles. The summed E-state index contributed by atoms with van der Waals surface area (Å²) in [7, 11) is 0. The van der Waals surface area contributed by atoms with Crippen molar-refractivity contribution in [2.75, 3.05) is 0 Å². The molecule has 29 heavy (non-hydrogen) atoms. The van der Waals surface area contributed by atoms with Gasteiger partial charge < -0.3 is 0 Å². The van der Waals surface area contributed by atoms with Crippen molar-refractivity contribution in [2.24, 2.45) is 0 Å². The highest BCUT2D eigenvalue weighted by atomic mass is 14.2. The summed E-state index contributed by atoms with van der Waals surface area (Å²) in [5, 5.41) is 0. The summed E-state index contributed by atoms with van der Waals surface area (Å²) in [4.78, 5) is 0. The van der Waals surface area contributed by atoms with Gasteiger partial charge in [0.2, 0.25) is 0 Å². The minimum absolute atomic E-state index is 1.00. The second-order valence-corrected chi connectivity index (χ2v) is 7.50. The topological polar surface area (TPSA) is 0 Å². The van der Waals surface area contributed by atoms with Crippen LogP contribution in [0.2, 0.25) is 0 Å². The molecular formula is C29H22. The van der Waals surface area contributed by atoms with E-state index in [1.165, 1.54) is 44.5 Å². The van der Waals surface area contributed by atoms with Crippen LogP contribution < -0.4 is 0 Å². The fourth-order valence-electron chi connectivity index (χ4n) is 3.97. The van der Waals surface area contributed by atoms with Gasteiger partial charge in [-0.1, -0.05) is 121 Å². The largest absolute Gasteiger partial charge is 0.0622 e. The van der Waals surface area contributed by atoms with Crippen molar-refractivity contribution in [3.8, 4) is 11.1 Å². The Morgan fingerprint density at radius 1 is 0.414 bits per heavy atom. The van der Waals surface area contributed by atoms with Crippen molar-refractivity contribution in [3.63, 3.8) is 0 Å². The average Bonchev–Trinajstić information content (AvgIpc) is 3.14. The summed E-state index contributed by atoms with van der Waals surface area (Å²) < 4.78 is 0. The van der Waals surface area contributed by atoms with Crippen LogP contribution in [-0.2, 0) is 6.42 Å². The first-order valence-electron chi connectivity index (χ1n) is 10.1. The summed E-state index contributed by atoms with van der Waals surface area (Å²) >= 11 is 0. The molecule has 1 aliphatic carbocycles. The third-order valence-electron chi connectivity index (χ3n) is 5.47. The van der Waals surface area contributed by atoms with Gasteiger partial charge in [0, 0.05) is 0 Å². The molecule has 0 heteroatoms. The van der Waals surface area contributed by atoms with E-state index >= 15 is 0 Å². The maximum Gasteiger partial charge on any atom is -0.00130 e. The summed E-state index contributed by atoms with van der Waals surface area (Å²) in [5.41, 5.74) is 10.5. The zero-order valence-electron chi connectivity index (χ0n) is 16.3. The van der Waals surface area contributed by atoms with E-state index in [-0.39, 0.29) is 0 Å². The number of fused-ring (bicyclic) bond motifs is 3. The minimum Gasteiger partial charge on any atom is -0.0622 e. The highest BCUT2D eigenvalue weighted by Crippen LogP contribution is 2.38. The summed E-state index contributed by atoms with van der Waals surface area (Å²) in [6, 6.07) is 34.5. The van der Waals surface area contributed by atoms with Gasteiger partial charge in [-0.15, -0.1) is 0 Å². The molecule has 0 radical (unpaired) electrons. The molecule has 0 spiro atoms. The van der Waals surface area contributed by atoms with Gasteiger partial charge in [0.25, 0.3) is 0 Å². The Labute approximate surface area is 172 Å². The minimum atomic E-state index is 1.00. The van der Waals surface area contributed by atoms with Gasteiger partial charge in [0.05, 0.1) is 0 Å². The Bertz CT molecular complexity index is 1100. The van der Waals surface area contributed by atoms with Crippen molar-refractivity contribution in [3.05, 3.63) is 130 Å². The van der Waals surface area contributed by atoms with Crippen LogP contribution in [-0.4, -0.2) is 0 Å². The second-order valence-electron chi connectivity index (χ2n) is 7.50. The Balaban J connectivity index is 1.37. The molecule has 5 rings (SSSR count).